The Kier molecular flexibility index (Phi) is 7.63. The molecule has 2 aromatic carbocycles. The fraction of sp³-hybridized carbons (Fsp3) is 0.381. The first kappa shape index (κ1) is 21.2. The van der Waals surface area contributed by atoms with Gasteiger partial charge in [-0.3, -0.25) is 4.79 Å². The lowest BCUT2D eigenvalue weighted by atomic mass is 9.96. The molecule has 1 aliphatic rings. The van der Waals surface area contributed by atoms with E-state index in [1.165, 1.54) is 6.07 Å². The molecule has 0 spiro atoms. The smallest absolute Gasteiger partial charge is 0.256 e. The maximum Gasteiger partial charge on any atom is 0.256 e. The van der Waals surface area contributed by atoms with Crippen LogP contribution in [0.25, 0.3) is 11.1 Å². The van der Waals surface area contributed by atoms with Gasteiger partial charge in [0, 0.05) is 13.1 Å². The first-order valence-electron chi connectivity index (χ1n) is 9.00. The molecule has 6 heteroatoms. The van der Waals surface area contributed by atoms with Gasteiger partial charge < -0.3 is 15.0 Å². The molecule has 3 rings (SSSR count). The molecule has 1 saturated heterocycles. The summed E-state index contributed by atoms with van der Waals surface area (Å²) >= 11 is 0. The van der Waals surface area contributed by atoms with Gasteiger partial charge in [0.2, 0.25) is 0 Å². The third kappa shape index (κ3) is 4.99. The molecule has 2 aromatic rings. The van der Waals surface area contributed by atoms with Gasteiger partial charge in [-0.1, -0.05) is 18.2 Å². The van der Waals surface area contributed by atoms with Crippen molar-refractivity contribution in [3.63, 3.8) is 0 Å². The number of likely N-dealkylation sites (tertiary alicyclic amines) is 1. The van der Waals surface area contributed by atoms with E-state index < -0.39 is 5.82 Å². The number of carbonyl (C=O) groups excluding carboxylic acids is 1. The molecule has 0 bridgehead atoms. The zero-order valence-corrected chi connectivity index (χ0v) is 16.5. The van der Waals surface area contributed by atoms with Crippen molar-refractivity contribution in [1.29, 1.82) is 0 Å². The number of benzene rings is 2. The number of hydrogen-bond donors (Lipinski definition) is 1. The summed E-state index contributed by atoms with van der Waals surface area (Å²) in [6.07, 6.45) is 1.91. The Balaban J connectivity index is 0.00000261. The summed E-state index contributed by atoms with van der Waals surface area (Å²) in [5.74, 6) is 0.654. The van der Waals surface area contributed by atoms with Crippen LogP contribution in [0.5, 0.6) is 5.75 Å². The summed E-state index contributed by atoms with van der Waals surface area (Å²) in [7, 11) is 3.55. The fourth-order valence-electron chi connectivity index (χ4n) is 3.45. The molecule has 27 heavy (non-hydrogen) atoms. The van der Waals surface area contributed by atoms with Crippen molar-refractivity contribution in [3.05, 3.63) is 53.8 Å². The van der Waals surface area contributed by atoms with Crippen LogP contribution in [0.15, 0.2) is 42.5 Å². The van der Waals surface area contributed by atoms with Gasteiger partial charge in [-0.05, 0) is 67.7 Å². The highest BCUT2D eigenvalue weighted by molar-refractivity contribution is 5.95. The lowest BCUT2D eigenvalue weighted by molar-refractivity contribution is 0.0686. The molecule has 0 unspecified atom stereocenters. The van der Waals surface area contributed by atoms with Crippen molar-refractivity contribution in [1.82, 2.24) is 10.2 Å². The van der Waals surface area contributed by atoms with E-state index in [-0.39, 0.29) is 23.9 Å². The fourth-order valence-corrected chi connectivity index (χ4v) is 3.45. The molecule has 1 aliphatic heterocycles. The van der Waals surface area contributed by atoms with E-state index in [0.717, 1.165) is 36.3 Å². The van der Waals surface area contributed by atoms with Crippen LogP contribution in [0.1, 0.15) is 23.2 Å². The van der Waals surface area contributed by atoms with E-state index in [1.54, 1.807) is 24.1 Å². The highest BCUT2D eigenvalue weighted by Gasteiger charge is 2.25. The molecule has 1 fully saturated rings. The topological polar surface area (TPSA) is 41.6 Å². The Morgan fingerprint density at radius 3 is 2.33 bits per heavy atom. The summed E-state index contributed by atoms with van der Waals surface area (Å²) in [6, 6.07) is 12.2. The number of nitrogens with zero attached hydrogens (tertiary/aromatic N) is 1. The number of nitrogens with one attached hydrogen (secondary N) is 1. The number of halogens is 2. The van der Waals surface area contributed by atoms with Crippen LogP contribution in [0.3, 0.4) is 0 Å². The third-order valence-corrected chi connectivity index (χ3v) is 5.02. The zero-order valence-electron chi connectivity index (χ0n) is 15.7. The molecule has 0 radical (unpaired) electrons. The van der Waals surface area contributed by atoms with Crippen LogP contribution in [0.4, 0.5) is 4.39 Å². The van der Waals surface area contributed by atoms with E-state index in [9.17, 15) is 9.18 Å². The second-order valence-corrected chi connectivity index (χ2v) is 6.72. The highest BCUT2D eigenvalue weighted by Crippen LogP contribution is 2.26. The monoisotopic (exact) mass is 392 g/mol. The van der Waals surface area contributed by atoms with Crippen LogP contribution >= 0.6 is 12.4 Å². The standard InChI is InChI=1S/C21H25FN2O2.ClH/c1-23-14-15-9-11-24(12-10-15)21(25)19-8-5-17(13-20(19)22)16-3-6-18(26-2)7-4-16;/h3-8,13,15,23H,9-12,14H2,1-2H3;1H. The predicted molar refractivity (Wildman–Crippen MR) is 108 cm³/mol. The van der Waals surface area contributed by atoms with Crippen molar-refractivity contribution in [2.75, 3.05) is 33.8 Å². The second-order valence-electron chi connectivity index (χ2n) is 6.72. The molecule has 0 aromatic heterocycles. The average molecular weight is 393 g/mol. The zero-order chi connectivity index (χ0) is 18.5. The van der Waals surface area contributed by atoms with Gasteiger partial charge in [0.15, 0.2) is 0 Å². The van der Waals surface area contributed by atoms with Crippen LogP contribution in [-0.4, -0.2) is 44.6 Å². The van der Waals surface area contributed by atoms with E-state index in [4.69, 9.17) is 4.74 Å². The second kappa shape index (κ2) is 9.72. The van der Waals surface area contributed by atoms with Gasteiger partial charge >= 0.3 is 0 Å². The minimum atomic E-state index is -0.472. The Bertz CT molecular complexity index is 759. The third-order valence-electron chi connectivity index (χ3n) is 5.02. The van der Waals surface area contributed by atoms with Gasteiger partial charge in [0.05, 0.1) is 12.7 Å². The number of amides is 1. The number of ether oxygens (including phenoxy) is 1. The number of rotatable bonds is 5. The molecule has 1 amide bonds. The Morgan fingerprint density at radius 1 is 1.15 bits per heavy atom. The Hall–Kier alpha value is -2.11. The molecule has 0 saturated carbocycles. The lowest BCUT2D eigenvalue weighted by Gasteiger charge is -2.32. The van der Waals surface area contributed by atoms with Gasteiger partial charge in [-0.15, -0.1) is 12.4 Å². The molecule has 1 heterocycles. The molecule has 4 nitrogen and oxygen atoms in total. The van der Waals surface area contributed by atoms with E-state index >= 15 is 0 Å². The molecule has 0 atom stereocenters. The van der Waals surface area contributed by atoms with Crippen molar-refractivity contribution < 1.29 is 13.9 Å². The minimum absolute atomic E-state index is 0. The number of piperidine rings is 1. The molecule has 146 valence electrons. The van der Waals surface area contributed by atoms with Gasteiger partial charge in [-0.25, -0.2) is 4.39 Å². The quantitative estimate of drug-likeness (QED) is 0.836. The van der Waals surface area contributed by atoms with E-state index in [2.05, 4.69) is 5.32 Å². The number of methoxy groups -OCH3 is 1. The van der Waals surface area contributed by atoms with E-state index in [1.807, 2.05) is 31.3 Å². The first-order chi connectivity index (χ1) is 12.6. The van der Waals surface area contributed by atoms with Gasteiger partial charge in [0.1, 0.15) is 11.6 Å². The average Bonchev–Trinajstić information content (AvgIpc) is 2.68. The van der Waals surface area contributed by atoms with Crippen molar-refractivity contribution in [2.45, 2.75) is 12.8 Å². The molecular weight excluding hydrogens is 367 g/mol. The largest absolute Gasteiger partial charge is 0.497 e. The predicted octanol–water partition coefficient (Wildman–Crippen LogP) is 3.99. The van der Waals surface area contributed by atoms with Crippen LogP contribution in [-0.2, 0) is 0 Å². The Morgan fingerprint density at radius 2 is 1.78 bits per heavy atom. The maximum atomic E-state index is 14.6. The summed E-state index contributed by atoms with van der Waals surface area (Å²) < 4.78 is 19.7. The number of carbonyl (C=O) groups is 1. The molecular formula is C21H26ClFN2O2. The van der Waals surface area contributed by atoms with Gasteiger partial charge in [0.25, 0.3) is 5.91 Å². The van der Waals surface area contributed by atoms with Crippen LogP contribution in [0, 0.1) is 11.7 Å². The van der Waals surface area contributed by atoms with Crippen molar-refractivity contribution in [2.24, 2.45) is 5.92 Å². The highest BCUT2D eigenvalue weighted by atomic mass is 35.5. The van der Waals surface area contributed by atoms with Crippen LogP contribution in [0.2, 0.25) is 0 Å². The van der Waals surface area contributed by atoms with Gasteiger partial charge in [-0.2, -0.15) is 0 Å². The lowest BCUT2D eigenvalue weighted by Crippen LogP contribution is -2.40. The molecule has 0 aliphatic carbocycles. The summed E-state index contributed by atoms with van der Waals surface area (Å²) in [6.45, 7) is 2.34. The Labute approximate surface area is 166 Å². The van der Waals surface area contributed by atoms with Crippen molar-refractivity contribution >= 4 is 18.3 Å². The number of hydrogen-bond acceptors (Lipinski definition) is 3. The summed E-state index contributed by atoms with van der Waals surface area (Å²) in [4.78, 5) is 14.4. The molecule has 1 N–H and O–H groups in total. The van der Waals surface area contributed by atoms with E-state index in [0.29, 0.717) is 19.0 Å². The van der Waals surface area contributed by atoms with Crippen LogP contribution < -0.4 is 10.1 Å². The SMILES string of the molecule is CNCC1CCN(C(=O)c2ccc(-c3ccc(OC)cc3)cc2F)CC1.Cl. The maximum absolute atomic E-state index is 14.6. The normalized spacial score (nSPS) is 14.6. The summed E-state index contributed by atoms with van der Waals surface area (Å²) in [5, 5.41) is 3.18. The van der Waals surface area contributed by atoms with Crippen molar-refractivity contribution in [3.8, 4) is 16.9 Å². The minimum Gasteiger partial charge on any atom is -0.497 e. The first-order valence-corrected chi connectivity index (χ1v) is 9.00. The summed E-state index contributed by atoms with van der Waals surface area (Å²) in [5.41, 5.74) is 1.78.